The number of ether oxygens (including phenoxy) is 1. The van der Waals surface area contributed by atoms with Crippen molar-refractivity contribution < 1.29 is 9.53 Å². The molecule has 1 aromatic rings. The Labute approximate surface area is 135 Å². The Kier molecular flexibility index (Phi) is 7.75. The van der Waals surface area contributed by atoms with Gasteiger partial charge < -0.3 is 15.4 Å². The number of hydrogen-bond donors (Lipinski definition) is 2. The van der Waals surface area contributed by atoms with Gasteiger partial charge in [0, 0.05) is 17.1 Å². The summed E-state index contributed by atoms with van der Waals surface area (Å²) in [6.07, 6.45) is 0.588. The van der Waals surface area contributed by atoms with Gasteiger partial charge in [-0.25, -0.2) is 0 Å². The summed E-state index contributed by atoms with van der Waals surface area (Å²) in [6.45, 7) is 9.51. The van der Waals surface area contributed by atoms with Crippen molar-refractivity contribution in [2.45, 2.75) is 52.8 Å². The highest BCUT2D eigenvalue weighted by Gasteiger charge is 2.15. The van der Waals surface area contributed by atoms with E-state index in [1.807, 2.05) is 32.0 Å². The summed E-state index contributed by atoms with van der Waals surface area (Å²) in [4.78, 5) is 11.9. The molecule has 0 aliphatic heterocycles. The molecule has 5 heteroatoms. The number of carbonyl (C=O) groups is 1. The molecule has 4 nitrogen and oxygen atoms in total. The second-order valence-corrected chi connectivity index (χ2v) is 6.21. The lowest BCUT2D eigenvalue weighted by atomic mass is 10.2. The van der Waals surface area contributed by atoms with Gasteiger partial charge in [-0.2, -0.15) is 0 Å². The Bertz CT molecular complexity index is 464. The molecule has 0 aliphatic rings. The normalized spacial score (nSPS) is 12.3. The maximum absolute atomic E-state index is 11.9. The largest absolute Gasteiger partial charge is 0.481 e. The van der Waals surface area contributed by atoms with E-state index in [4.69, 9.17) is 4.74 Å². The SMILES string of the molecule is CCCNCc1cc(OC(C)C(=O)NC(C)C)ccc1Br. The predicted molar refractivity (Wildman–Crippen MR) is 89.5 cm³/mol. The molecule has 1 aromatic carbocycles. The Morgan fingerprint density at radius 3 is 2.67 bits per heavy atom. The molecule has 1 atom stereocenters. The van der Waals surface area contributed by atoms with Crippen LogP contribution in [0.2, 0.25) is 0 Å². The van der Waals surface area contributed by atoms with Crippen LogP contribution in [0.1, 0.15) is 39.7 Å². The second-order valence-electron chi connectivity index (χ2n) is 5.35. The van der Waals surface area contributed by atoms with Crippen LogP contribution in [0.25, 0.3) is 0 Å². The van der Waals surface area contributed by atoms with Crippen LogP contribution in [0.15, 0.2) is 22.7 Å². The van der Waals surface area contributed by atoms with E-state index in [1.54, 1.807) is 6.92 Å². The molecule has 0 aromatic heterocycles. The van der Waals surface area contributed by atoms with Gasteiger partial charge in [-0.15, -0.1) is 0 Å². The van der Waals surface area contributed by atoms with Crippen LogP contribution in [0.3, 0.4) is 0 Å². The van der Waals surface area contributed by atoms with Crippen LogP contribution in [0, 0.1) is 0 Å². The third-order valence-electron chi connectivity index (χ3n) is 2.87. The molecule has 0 saturated heterocycles. The fourth-order valence-electron chi connectivity index (χ4n) is 1.82. The van der Waals surface area contributed by atoms with Crippen LogP contribution in [0.4, 0.5) is 0 Å². The van der Waals surface area contributed by atoms with Gasteiger partial charge in [-0.05, 0) is 57.5 Å². The molecule has 1 rings (SSSR count). The van der Waals surface area contributed by atoms with Crippen molar-refractivity contribution >= 4 is 21.8 Å². The lowest BCUT2D eigenvalue weighted by Crippen LogP contribution is -2.40. The Balaban J connectivity index is 2.66. The summed E-state index contributed by atoms with van der Waals surface area (Å²) in [5.41, 5.74) is 1.12. The van der Waals surface area contributed by atoms with E-state index in [1.165, 1.54) is 0 Å². The van der Waals surface area contributed by atoms with E-state index >= 15 is 0 Å². The minimum Gasteiger partial charge on any atom is -0.481 e. The molecule has 0 radical (unpaired) electrons. The van der Waals surface area contributed by atoms with Crippen LogP contribution in [-0.2, 0) is 11.3 Å². The maximum Gasteiger partial charge on any atom is 0.260 e. The van der Waals surface area contributed by atoms with E-state index in [-0.39, 0.29) is 11.9 Å². The minimum absolute atomic E-state index is 0.0985. The van der Waals surface area contributed by atoms with Gasteiger partial charge in [0.05, 0.1) is 0 Å². The van der Waals surface area contributed by atoms with Gasteiger partial charge in [0.25, 0.3) is 5.91 Å². The molecule has 2 N–H and O–H groups in total. The zero-order valence-electron chi connectivity index (χ0n) is 13.2. The van der Waals surface area contributed by atoms with E-state index < -0.39 is 6.10 Å². The molecule has 21 heavy (non-hydrogen) atoms. The molecule has 1 unspecified atom stereocenters. The van der Waals surface area contributed by atoms with Crippen molar-refractivity contribution in [1.29, 1.82) is 0 Å². The highest BCUT2D eigenvalue weighted by molar-refractivity contribution is 9.10. The van der Waals surface area contributed by atoms with Gasteiger partial charge in [-0.3, -0.25) is 4.79 Å². The van der Waals surface area contributed by atoms with Crippen molar-refractivity contribution in [3.63, 3.8) is 0 Å². The number of hydrogen-bond acceptors (Lipinski definition) is 3. The lowest BCUT2D eigenvalue weighted by Gasteiger charge is -2.17. The summed E-state index contributed by atoms with van der Waals surface area (Å²) >= 11 is 3.54. The van der Waals surface area contributed by atoms with E-state index in [0.29, 0.717) is 5.75 Å². The van der Waals surface area contributed by atoms with Crippen molar-refractivity contribution in [1.82, 2.24) is 10.6 Å². The second kappa shape index (κ2) is 9.05. The molecule has 0 bridgehead atoms. The van der Waals surface area contributed by atoms with E-state index in [9.17, 15) is 4.79 Å². The van der Waals surface area contributed by atoms with E-state index in [2.05, 4.69) is 33.5 Å². The van der Waals surface area contributed by atoms with Gasteiger partial charge in [0.2, 0.25) is 0 Å². The topological polar surface area (TPSA) is 50.4 Å². The summed E-state index contributed by atoms with van der Waals surface area (Å²) in [6, 6.07) is 5.89. The molecule has 0 spiro atoms. The average molecular weight is 357 g/mol. The average Bonchev–Trinajstić information content (AvgIpc) is 2.41. The predicted octanol–water partition coefficient (Wildman–Crippen LogP) is 3.24. The standard InChI is InChI=1S/C16H25BrN2O2/c1-5-8-18-10-13-9-14(6-7-15(13)17)21-12(4)16(20)19-11(2)3/h6-7,9,11-12,18H,5,8,10H2,1-4H3,(H,19,20). The fraction of sp³-hybridized carbons (Fsp3) is 0.562. The van der Waals surface area contributed by atoms with Crippen LogP contribution < -0.4 is 15.4 Å². The Hall–Kier alpha value is -1.07. The van der Waals surface area contributed by atoms with Gasteiger partial charge in [0.1, 0.15) is 5.75 Å². The molecule has 0 aliphatic carbocycles. The van der Waals surface area contributed by atoms with Crippen molar-refractivity contribution in [2.75, 3.05) is 6.54 Å². The number of amides is 1. The van der Waals surface area contributed by atoms with Gasteiger partial charge >= 0.3 is 0 Å². The lowest BCUT2D eigenvalue weighted by molar-refractivity contribution is -0.127. The van der Waals surface area contributed by atoms with Gasteiger partial charge in [0.15, 0.2) is 6.10 Å². The Morgan fingerprint density at radius 2 is 2.05 bits per heavy atom. The first-order valence-electron chi connectivity index (χ1n) is 7.40. The highest BCUT2D eigenvalue weighted by atomic mass is 79.9. The molecule has 0 fully saturated rings. The van der Waals surface area contributed by atoms with Crippen molar-refractivity contribution in [3.8, 4) is 5.75 Å². The highest BCUT2D eigenvalue weighted by Crippen LogP contribution is 2.23. The number of carbonyl (C=O) groups excluding carboxylic acids is 1. The summed E-state index contributed by atoms with van der Waals surface area (Å²) in [7, 11) is 0. The molecule has 0 heterocycles. The molecule has 1 amide bonds. The summed E-state index contributed by atoms with van der Waals surface area (Å²) in [5, 5.41) is 6.20. The first kappa shape index (κ1) is 18.0. The molecular formula is C16H25BrN2O2. The maximum atomic E-state index is 11.9. The van der Waals surface area contributed by atoms with Crippen LogP contribution >= 0.6 is 15.9 Å². The van der Waals surface area contributed by atoms with Crippen molar-refractivity contribution in [2.24, 2.45) is 0 Å². The molecule has 118 valence electrons. The quantitative estimate of drug-likeness (QED) is 0.703. The minimum atomic E-state index is -0.509. The van der Waals surface area contributed by atoms with Crippen LogP contribution in [-0.4, -0.2) is 24.6 Å². The zero-order valence-corrected chi connectivity index (χ0v) is 14.8. The number of nitrogens with one attached hydrogen (secondary N) is 2. The first-order chi connectivity index (χ1) is 9.93. The van der Waals surface area contributed by atoms with Gasteiger partial charge in [-0.1, -0.05) is 22.9 Å². The fourth-order valence-corrected chi connectivity index (χ4v) is 2.21. The smallest absolute Gasteiger partial charge is 0.260 e. The molecular weight excluding hydrogens is 332 g/mol. The Morgan fingerprint density at radius 1 is 1.33 bits per heavy atom. The monoisotopic (exact) mass is 356 g/mol. The zero-order chi connectivity index (χ0) is 15.8. The first-order valence-corrected chi connectivity index (χ1v) is 8.19. The number of halogens is 1. The number of benzene rings is 1. The third-order valence-corrected chi connectivity index (χ3v) is 3.65. The number of rotatable bonds is 8. The third kappa shape index (κ3) is 6.48. The van der Waals surface area contributed by atoms with Crippen LogP contribution in [0.5, 0.6) is 5.75 Å². The summed E-state index contributed by atoms with van der Waals surface area (Å²) < 4.78 is 6.76. The van der Waals surface area contributed by atoms with Crippen molar-refractivity contribution in [3.05, 3.63) is 28.2 Å². The van der Waals surface area contributed by atoms with E-state index in [0.717, 1.165) is 29.5 Å². The summed E-state index contributed by atoms with van der Waals surface area (Å²) in [5.74, 6) is 0.608. The molecule has 0 saturated carbocycles.